The molecule has 0 aliphatic carbocycles. The van der Waals surface area contributed by atoms with E-state index in [2.05, 4.69) is 0 Å². The van der Waals surface area contributed by atoms with Crippen molar-refractivity contribution in [3.05, 3.63) is 44.4 Å². The van der Waals surface area contributed by atoms with Crippen LogP contribution in [0.4, 0.5) is 0 Å². The summed E-state index contributed by atoms with van der Waals surface area (Å²) in [5, 5.41) is 4.29. The number of halogens is 4. The predicted octanol–water partition coefficient (Wildman–Crippen LogP) is 5.95. The van der Waals surface area contributed by atoms with Gasteiger partial charge in [-0.15, -0.1) is 0 Å². The van der Waals surface area contributed by atoms with Gasteiger partial charge in [0.25, 0.3) is 0 Å². The monoisotopic (exact) mass is 317 g/mol. The molecule has 0 spiro atoms. The highest BCUT2D eigenvalue weighted by atomic mass is 35.5. The van der Waals surface area contributed by atoms with E-state index in [9.17, 15) is 0 Å². The number of fused-ring (bicyclic) bond motifs is 3. The number of nitrogens with zero attached hydrogens (tertiary/aromatic N) is 1. The molecule has 0 aliphatic rings. The van der Waals surface area contributed by atoms with Gasteiger partial charge >= 0.3 is 0 Å². The van der Waals surface area contributed by atoms with Crippen LogP contribution in [0.3, 0.4) is 0 Å². The van der Waals surface area contributed by atoms with Gasteiger partial charge in [0, 0.05) is 27.9 Å². The van der Waals surface area contributed by atoms with Crippen molar-refractivity contribution >= 4 is 68.2 Å². The highest BCUT2D eigenvalue weighted by Gasteiger charge is 2.15. The summed E-state index contributed by atoms with van der Waals surface area (Å²) in [7, 11) is 1.92. The molecule has 0 saturated carbocycles. The fourth-order valence-electron chi connectivity index (χ4n) is 2.34. The Morgan fingerprint density at radius 2 is 1.11 bits per heavy atom. The van der Waals surface area contributed by atoms with E-state index in [0.29, 0.717) is 20.1 Å². The first kappa shape index (κ1) is 12.4. The number of hydrogen-bond donors (Lipinski definition) is 0. The minimum absolute atomic E-state index is 0.594. The van der Waals surface area contributed by atoms with Gasteiger partial charge in [0.2, 0.25) is 0 Å². The average molecular weight is 319 g/mol. The van der Waals surface area contributed by atoms with Crippen LogP contribution >= 0.6 is 46.4 Å². The van der Waals surface area contributed by atoms with Crippen LogP contribution in [-0.4, -0.2) is 4.57 Å². The summed E-state index contributed by atoms with van der Waals surface area (Å²) < 4.78 is 1.96. The summed E-state index contributed by atoms with van der Waals surface area (Å²) in [5.41, 5.74) is 1.81. The molecule has 0 atom stereocenters. The van der Waals surface area contributed by atoms with E-state index in [0.717, 1.165) is 21.8 Å². The second-order valence-corrected chi connectivity index (χ2v) is 5.81. The summed E-state index contributed by atoms with van der Waals surface area (Å²) in [6, 6.07) is 7.19. The molecular weight excluding hydrogens is 312 g/mol. The second-order valence-electron chi connectivity index (χ2n) is 4.13. The maximum Gasteiger partial charge on any atom is 0.0679 e. The van der Waals surface area contributed by atoms with Crippen molar-refractivity contribution < 1.29 is 0 Å². The molecule has 0 bridgehead atoms. The predicted molar refractivity (Wildman–Crippen MR) is 80.5 cm³/mol. The summed E-state index contributed by atoms with van der Waals surface area (Å²) in [5.74, 6) is 0. The topological polar surface area (TPSA) is 4.93 Å². The van der Waals surface area contributed by atoms with Crippen LogP contribution in [0.1, 0.15) is 0 Å². The zero-order valence-corrected chi connectivity index (χ0v) is 12.3. The normalized spacial score (nSPS) is 11.6. The van der Waals surface area contributed by atoms with Gasteiger partial charge in [-0.3, -0.25) is 0 Å². The first-order chi connectivity index (χ1) is 8.49. The minimum atomic E-state index is 0.594. The van der Waals surface area contributed by atoms with Crippen LogP contribution in [0.5, 0.6) is 0 Å². The van der Waals surface area contributed by atoms with Gasteiger partial charge in [0.15, 0.2) is 0 Å². The summed E-state index contributed by atoms with van der Waals surface area (Å²) >= 11 is 24.6. The maximum absolute atomic E-state index is 6.25. The molecule has 18 heavy (non-hydrogen) atoms. The lowest BCUT2D eigenvalue weighted by atomic mass is 10.1. The highest BCUT2D eigenvalue weighted by molar-refractivity contribution is 6.42. The third kappa shape index (κ3) is 1.70. The Bertz CT molecular complexity index is 724. The highest BCUT2D eigenvalue weighted by Crippen LogP contribution is 2.39. The van der Waals surface area contributed by atoms with Gasteiger partial charge in [-0.05, 0) is 24.3 Å². The molecule has 0 N–H and O–H groups in total. The second kappa shape index (κ2) is 4.21. The standard InChI is InChI=1S/C13H7Cl4N/c1-18-12-8(2-6(14)4-10(12)16)9-3-7(15)5-11(17)13(9)18/h2-5H,1H3. The van der Waals surface area contributed by atoms with Crippen LogP contribution in [0.15, 0.2) is 24.3 Å². The van der Waals surface area contributed by atoms with Crippen molar-refractivity contribution in [3.63, 3.8) is 0 Å². The first-order valence-electron chi connectivity index (χ1n) is 5.21. The van der Waals surface area contributed by atoms with Gasteiger partial charge in [0.05, 0.1) is 21.1 Å². The zero-order valence-electron chi connectivity index (χ0n) is 9.27. The van der Waals surface area contributed by atoms with E-state index < -0.39 is 0 Å². The molecule has 1 aromatic heterocycles. The lowest BCUT2D eigenvalue weighted by molar-refractivity contribution is 1.01. The van der Waals surface area contributed by atoms with Crippen molar-refractivity contribution in [3.8, 4) is 0 Å². The van der Waals surface area contributed by atoms with Gasteiger partial charge in [-0.1, -0.05) is 46.4 Å². The van der Waals surface area contributed by atoms with Crippen molar-refractivity contribution in [1.29, 1.82) is 0 Å². The summed E-state index contributed by atoms with van der Waals surface area (Å²) in [4.78, 5) is 0. The quantitative estimate of drug-likeness (QED) is 0.483. The molecular formula is C13H7Cl4N. The summed E-state index contributed by atoms with van der Waals surface area (Å²) in [6.45, 7) is 0. The van der Waals surface area contributed by atoms with Crippen LogP contribution in [0.2, 0.25) is 20.1 Å². The van der Waals surface area contributed by atoms with E-state index >= 15 is 0 Å². The number of aryl methyl sites for hydroxylation is 1. The molecule has 3 rings (SSSR count). The molecule has 0 unspecified atom stereocenters. The zero-order chi connectivity index (χ0) is 13.0. The van der Waals surface area contributed by atoms with Gasteiger partial charge < -0.3 is 4.57 Å². The molecule has 5 heteroatoms. The van der Waals surface area contributed by atoms with Crippen LogP contribution < -0.4 is 0 Å². The fourth-order valence-corrected chi connectivity index (χ4v) is 3.58. The van der Waals surface area contributed by atoms with Crippen LogP contribution in [-0.2, 0) is 7.05 Å². The number of hydrogen-bond acceptors (Lipinski definition) is 0. The van der Waals surface area contributed by atoms with Crippen molar-refractivity contribution in [2.45, 2.75) is 0 Å². The molecule has 2 aromatic carbocycles. The van der Waals surface area contributed by atoms with E-state index in [4.69, 9.17) is 46.4 Å². The molecule has 1 nitrogen and oxygen atoms in total. The Morgan fingerprint density at radius 3 is 1.50 bits per heavy atom. The Morgan fingerprint density at radius 1 is 0.722 bits per heavy atom. The van der Waals surface area contributed by atoms with Crippen molar-refractivity contribution in [1.82, 2.24) is 4.57 Å². The smallest absolute Gasteiger partial charge is 0.0679 e. The van der Waals surface area contributed by atoms with Crippen LogP contribution in [0, 0.1) is 0 Å². The van der Waals surface area contributed by atoms with Crippen molar-refractivity contribution in [2.75, 3.05) is 0 Å². The fraction of sp³-hybridized carbons (Fsp3) is 0.0769. The van der Waals surface area contributed by atoms with Gasteiger partial charge in [-0.25, -0.2) is 0 Å². The van der Waals surface area contributed by atoms with E-state index in [1.165, 1.54) is 0 Å². The van der Waals surface area contributed by atoms with Crippen molar-refractivity contribution in [2.24, 2.45) is 7.05 Å². The molecule has 92 valence electrons. The molecule has 0 fully saturated rings. The Labute approximate surface area is 124 Å². The third-order valence-electron chi connectivity index (χ3n) is 3.02. The number of benzene rings is 2. The SMILES string of the molecule is Cn1c2c(Cl)cc(Cl)cc2c2cc(Cl)cc(Cl)c21. The largest absolute Gasteiger partial charge is 0.341 e. The lowest BCUT2D eigenvalue weighted by Crippen LogP contribution is -1.88. The Kier molecular flexibility index (Phi) is 2.91. The van der Waals surface area contributed by atoms with Crippen LogP contribution in [0.25, 0.3) is 21.8 Å². The molecule has 0 amide bonds. The molecule has 0 saturated heterocycles. The lowest BCUT2D eigenvalue weighted by Gasteiger charge is -2.01. The number of rotatable bonds is 0. The third-order valence-corrected chi connectivity index (χ3v) is 4.03. The number of aromatic nitrogens is 1. The first-order valence-corrected chi connectivity index (χ1v) is 6.72. The molecule has 0 radical (unpaired) electrons. The van der Waals surface area contributed by atoms with Gasteiger partial charge in [-0.2, -0.15) is 0 Å². The summed E-state index contributed by atoms with van der Waals surface area (Å²) in [6.07, 6.45) is 0. The van der Waals surface area contributed by atoms with E-state index in [-0.39, 0.29) is 0 Å². The minimum Gasteiger partial charge on any atom is -0.341 e. The van der Waals surface area contributed by atoms with Gasteiger partial charge in [0.1, 0.15) is 0 Å². The Balaban J connectivity index is 2.67. The molecule has 3 aromatic rings. The van der Waals surface area contributed by atoms with E-state index in [1.807, 2.05) is 23.7 Å². The molecule has 0 aliphatic heterocycles. The Hall–Kier alpha value is -0.600. The molecule has 1 heterocycles. The maximum atomic E-state index is 6.25. The average Bonchev–Trinajstić information content (AvgIpc) is 2.52. The van der Waals surface area contributed by atoms with E-state index in [1.54, 1.807) is 12.1 Å².